The van der Waals surface area contributed by atoms with Gasteiger partial charge in [0.25, 0.3) is 15.9 Å². The molecular weight excluding hydrogens is 416 g/mol. The Bertz CT molecular complexity index is 1220. The average Bonchev–Trinajstić information content (AvgIpc) is 3.18. The Morgan fingerprint density at radius 3 is 2.66 bits per heavy atom. The summed E-state index contributed by atoms with van der Waals surface area (Å²) in [7, 11) is -4.05. The number of halogens is 1. The monoisotopic (exact) mass is 430 g/mol. The summed E-state index contributed by atoms with van der Waals surface area (Å²) in [6.45, 7) is -0.270. The van der Waals surface area contributed by atoms with Gasteiger partial charge >= 0.3 is 0 Å². The van der Waals surface area contributed by atoms with Gasteiger partial charge in [0.05, 0.1) is 18.3 Å². The Morgan fingerprint density at radius 1 is 1.10 bits per heavy atom. The lowest BCUT2D eigenvalue weighted by Crippen LogP contribution is -2.37. The number of hydrogen-bond acceptors (Lipinski definition) is 5. The minimum absolute atomic E-state index is 0.0614. The zero-order valence-corrected chi connectivity index (χ0v) is 16.5. The first-order chi connectivity index (χ1) is 13.9. The van der Waals surface area contributed by atoms with Crippen LogP contribution in [0.25, 0.3) is 0 Å². The number of benzene rings is 2. The molecule has 2 heterocycles. The van der Waals surface area contributed by atoms with E-state index in [-0.39, 0.29) is 10.5 Å². The number of hydrogen-bond donors (Lipinski definition) is 1. The fourth-order valence-corrected chi connectivity index (χ4v) is 4.81. The summed E-state index contributed by atoms with van der Waals surface area (Å²) in [6, 6.07) is 14.7. The van der Waals surface area contributed by atoms with Crippen molar-refractivity contribution in [1.29, 1.82) is 0 Å². The molecule has 1 aliphatic heterocycles. The molecular formula is C19H15ClN4O4S. The van der Waals surface area contributed by atoms with Crippen molar-refractivity contribution in [3.05, 3.63) is 76.9 Å². The largest absolute Gasteiger partial charge is 0.309 e. The minimum Gasteiger partial charge on any atom is -0.309 e. The summed E-state index contributed by atoms with van der Waals surface area (Å²) in [5.41, 5.74) is 0.941. The highest BCUT2D eigenvalue weighted by Gasteiger charge is 2.41. The highest BCUT2D eigenvalue weighted by Crippen LogP contribution is 2.29. The van der Waals surface area contributed by atoms with Crippen LogP contribution in [0.1, 0.15) is 15.9 Å². The van der Waals surface area contributed by atoms with Gasteiger partial charge in [0.1, 0.15) is 17.3 Å². The lowest BCUT2D eigenvalue weighted by Gasteiger charge is -2.15. The highest BCUT2D eigenvalue weighted by atomic mass is 35.5. The molecule has 2 amide bonds. The molecule has 0 saturated carbocycles. The zero-order valence-electron chi connectivity index (χ0n) is 14.9. The first-order valence-corrected chi connectivity index (χ1v) is 10.4. The van der Waals surface area contributed by atoms with Gasteiger partial charge in [-0.15, -0.1) is 0 Å². The van der Waals surface area contributed by atoms with Crippen LogP contribution in [-0.4, -0.2) is 40.9 Å². The van der Waals surface area contributed by atoms with Gasteiger partial charge in [-0.1, -0.05) is 35.9 Å². The van der Waals surface area contributed by atoms with Crippen LogP contribution in [0.2, 0.25) is 5.02 Å². The second kappa shape index (κ2) is 7.34. The molecule has 2 aromatic carbocycles. The van der Waals surface area contributed by atoms with Gasteiger partial charge in [-0.05, 0) is 29.8 Å². The number of aromatic nitrogens is 2. The molecule has 3 aromatic rings. The van der Waals surface area contributed by atoms with Crippen molar-refractivity contribution in [3.63, 3.8) is 0 Å². The van der Waals surface area contributed by atoms with Crippen molar-refractivity contribution in [3.8, 4) is 0 Å². The van der Waals surface area contributed by atoms with Gasteiger partial charge < -0.3 is 5.32 Å². The SMILES string of the molecule is O=C(CN1C(=O)c2ccccc2S1(=O)=O)Nc1ccnn1Cc1cccc(Cl)c1. The Labute approximate surface area is 171 Å². The van der Waals surface area contributed by atoms with Crippen LogP contribution in [-0.2, 0) is 21.4 Å². The zero-order chi connectivity index (χ0) is 20.6. The molecule has 148 valence electrons. The molecule has 0 unspecified atom stereocenters. The van der Waals surface area contributed by atoms with E-state index < -0.39 is 28.4 Å². The van der Waals surface area contributed by atoms with Crippen molar-refractivity contribution in [1.82, 2.24) is 14.1 Å². The molecule has 0 spiro atoms. The van der Waals surface area contributed by atoms with Gasteiger partial charge in [-0.25, -0.2) is 17.4 Å². The number of carbonyl (C=O) groups excluding carboxylic acids is 2. The lowest BCUT2D eigenvalue weighted by atomic mass is 10.2. The summed E-state index contributed by atoms with van der Waals surface area (Å²) in [6.07, 6.45) is 1.51. The van der Waals surface area contributed by atoms with E-state index in [1.807, 2.05) is 6.07 Å². The predicted molar refractivity (Wildman–Crippen MR) is 106 cm³/mol. The van der Waals surface area contributed by atoms with Crippen LogP contribution in [0.3, 0.4) is 0 Å². The van der Waals surface area contributed by atoms with Crippen molar-refractivity contribution >= 4 is 39.3 Å². The number of anilines is 1. The number of carbonyl (C=O) groups is 2. The molecule has 1 aliphatic rings. The Kier molecular flexibility index (Phi) is 4.85. The maximum Gasteiger partial charge on any atom is 0.269 e. The highest BCUT2D eigenvalue weighted by molar-refractivity contribution is 7.90. The standard InChI is InChI=1S/C19H15ClN4O4S/c20-14-5-3-4-13(10-14)11-23-17(8-9-21-23)22-18(25)12-24-19(26)15-6-1-2-7-16(15)29(24,27)28/h1-10H,11-12H2,(H,22,25). The Morgan fingerprint density at radius 2 is 1.90 bits per heavy atom. The molecule has 0 atom stereocenters. The number of nitrogens with one attached hydrogen (secondary N) is 1. The van der Waals surface area contributed by atoms with E-state index in [9.17, 15) is 18.0 Å². The molecule has 8 nitrogen and oxygen atoms in total. The normalized spacial score (nSPS) is 14.7. The first-order valence-electron chi connectivity index (χ1n) is 8.58. The van der Waals surface area contributed by atoms with Crippen molar-refractivity contribution in [2.24, 2.45) is 0 Å². The third-order valence-corrected chi connectivity index (χ3v) is 6.43. The Hall–Kier alpha value is -3.17. The van der Waals surface area contributed by atoms with E-state index >= 15 is 0 Å². The maximum absolute atomic E-state index is 12.6. The Balaban J connectivity index is 1.49. The van der Waals surface area contributed by atoms with E-state index in [1.54, 1.807) is 35.0 Å². The molecule has 0 radical (unpaired) electrons. The molecule has 4 rings (SSSR count). The predicted octanol–water partition coefficient (Wildman–Crippen LogP) is 2.37. The second-order valence-electron chi connectivity index (χ2n) is 6.37. The van der Waals surface area contributed by atoms with Gasteiger partial charge in [-0.2, -0.15) is 5.10 Å². The molecule has 1 N–H and O–H groups in total. The van der Waals surface area contributed by atoms with Crippen LogP contribution in [0, 0.1) is 0 Å². The fraction of sp³-hybridized carbons (Fsp3) is 0.105. The first kappa shape index (κ1) is 19.2. The molecule has 0 aliphatic carbocycles. The van der Waals surface area contributed by atoms with Gasteiger partial charge in [0, 0.05) is 11.1 Å². The molecule has 1 aromatic heterocycles. The molecule has 29 heavy (non-hydrogen) atoms. The van der Waals surface area contributed by atoms with Crippen LogP contribution in [0.5, 0.6) is 0 Å². The number of nitrogens with zero attached hydrogens (tertiary/aromatic N) is 3. The van der Waals surface area contributed by atoms with Crippen molar-refractivity contribution < 1.29 is 18.0 Å². The third-order valence-electron chi connectivity index (χ3n) is 4.40. The van der Waals surface area contributed by atoms with E-state index in [1.165, 1.54) is 24.4 Å². The average molecular weight is 431 g/mol. The molecule has 0 fully saturated rings. The maximum atomic E-state index is 12.6. The summed E-state index contributed by atoms with van der Waals surface area (Å²) < 4.78 is 27.2. The minimum atomic E-state index is -4.05. The van der Waals surface area contributed by atoms with E-state index in [0.717, 1.165) is 5.56 Å². The van der Waals surface area contributed by atoms with Crippen LogP contribution in [0.15, 0.2) is 65.7 Å². The van der Waals surface area contributed by atoms with E-state index in [4.69, 9.17) is 11.6 Å². The summed E-state index contributed by atoms with van der Waals surface area (Å²) >= 11 is 5.99. The summed E-state index contributed by atoms with van der Waals surface area (Å²) in [4.78, 5) is 24.8. The number of sulfonamides is 1. The molecule has 0 saturated heterocycles. The smallest absolute Gasteiger partial charge is 0.269 e. The van der Waals surface area contributed by atoms with E-state index in [0.29, 0.717) is 21.7 Å². The topological polar surface area (TPSA) is 101 Å². The summed E-state index contributed by atoms with van der Waals surface area (Å²) in [5.74, 6) is -0.998. The number of rotatable bonds is 5. The fourth-order valence-electron chi connectivity index (χ4n) is 3.07. The van der Waals surface area contributed by atoms with Crippen molar-refractivity contribution in [2.75, 3.05) is 11.9 Å². The van der Waals surface area contributed by atoms with Crippen molar-refractivity contribution in [2.45, 2.75) is 11.4 Å². The van der Waals surface area contributed by atoms with Crippen LogP contribution in [0.4, 0.5) is 5.82 Å². The quantitative estimate of drug-likeness (QED) is 0.669. The number of amides is 2. The second-order valence-corrected chi connectivity index (χ2v) is 8.63. The van der Waals surface area contributed by atoms with Gasteiger partial charge in [0.2, 0.25) is 5.91 Å². The van der Waals surface area contributed by atoms with Crippen LogP contribution >= 0.6 is 11.6 Å². The van der Waals surface area contributed by atoms with Gasteiger partial charge in [0.15, 0.2) is 0 Å². The molecule has 0 bridgehead atoms. The lowest BCUT2D eigenvalue weighted by molar-refractivity contribution is -0.116. The van der Waals surface area contributed by atoms with E-state index in [2.05, 4.69) is 10.4 Å². The summed E-state index contributed by atoms with van der Waals surface area (Å²) in [5, 5.41) is 7.35. The van der Waals surface area contributed by atoms with Crippen LogP contribution < -0.4 is 5.32 Å². The number of fused-ring (bicyclic) bond motifs is 1. The van der Waals surface area contributed by atoms with Gasteiger partial charge in [-0.3, -0.25) is 9.59 Å². The third kappa shape index (κ3) is 3.62. The molecule has 10 heteroatoms.